The van der Waals surface area contributed by atoms with Gasteiger partial charge >= 0.3 is 0 Å². The number of benzene rings is 2. The Bertz CT molecular complexity index is 1310. The minimum absolute atomic E-state index is 0.0302. The molecule has 190 valence electrons. The zero-order valence-electron chi connectivity index (χ0n) is 20.2. The fourth-order valence-corrected chi connectivity index (χ4v) is 4.50. The van der Waals surface area contributed by atoms with E-state index in [1.54, 1.807) is 26.2 Å². The topological polar surface area (TPSA) is 137 Å². The summed E-state index contributed by atoms with van der Waals surface area (Å²) in [6.07, 6.45) is 0. The molecule has 1 amide bonds. The van der Waals surface area contributed by atoms with E-state index in [1.165, 1.54) is 24.3 Å². The van der Waals surface area contributed by atoms with E-state index in [9.17, 15) is 13.2 Å². The first-order chi connectivity index (χ1) is 17.2. The molecule has 2 heterocycles. The van der Waals surface area contributed by atoms with Crippen LogP contribution in [0.3, 0.4) is 0 Å². The van der Waals surface area contributed by atoms with Gasteiger partial charge in [-0.2, -0.15) is 0 Å². The van der Waals surface area contributed by atoms with Crippen molar-refractivity contribution in [1.82, 2.24) is 15.1 Å². The molecule has 1 saturated heterocycles. The van der Waals surface area contributed by atoms with Crippen molar-refractivity contribution >= 4 is 21.7 Å². The standard InChI is InChI=1S/C24H27N5O6S/c1-33-20-14-17(15-21(34-2)23(20)35-3)19-8-9-22(27-26-19)28-10-12-29(13-11-28)24(30)16-4-6-18(7-5-16)36(25,31)32/h4-9,14-15H,10-13H2,1-3H3,(H2,25,31,32). The van der Waals surface area contributed by atoms with Gasteiger partial charge in [0.1, 0.15) is 0 Å². The number of rotatable bonds is 7. The third-order valence-corrected chi connectivity index (χ3v) is 6.86. The van der Waals surface area contributed by atoms with Gasteiger partial charge in [-0.1, -0.05) is 0 Å². The van der Waals surface area contributed by atoms with Gasteiger partial charge < -0.3 is 24.0 Å². The SMILES string of the molecule is COc1cc(-c2ccc(N3CCN(C(=O)c4ccc(S(N)(=O)=O)cc4)CC3)nn2)cc(OC)c1OC. The zero-order valence-corrected chi connectivity index (χ0v) is 21.0. The quantitative estimate of drug-likeness (QED) is 0.501. The molecule has 0 radical (unpaired) electrons. The van der Waals surface area contributed by atoms with Gasteiger partial charge in [0.2, 0.25) is 15.8 Å². The number of hydrogen-bond acceptors (Lipinski definition) is 9. The number of anilines is 1. The van der Waals surface area contributed by atoms with Crippen molar-refractivity contribution in [3.05, 3.63) is 54.1 Å². The molecule has 2 aromatic carbocycles. The maximum absolute atomic E-state index is 12.8. The Morgan fingerprint density at radius 2 is 1.47 bits per heavy atom. The van der Waals surface area contributed by atoms with Gasteiger partial charge in [-0.3, -0.25) is 4.79 Å². The summed E-state index contributed by atoms with van der Waals surface area (Å²) in [4.78, 5) is 16.6. The number of methoxy groups -OCH3 is 3. The Morgan fingerprint density at radius 1 is 0.861 bits per heavy atom. The molecule has 3 aromatic rings. The lowest BCUT2D eigenvalue weighted by molar-refractivity contribution is 0.0746. The summed E-state index contributed by atoms with van der Waals surface area (Å²) in [5, 5.41) is 13.9. The molecule has 1 aliphatic rings. The number of carbonyl (C=O) groups excluding carboxylic acids is 1. The van der Waals surface area contributed by atoms with Gasteiger partial charge in [0.15, 0.2) is 17.3 Å². The number of nitrogens with zero attached hydrogens (tertiary/aromatic N) is 4. The molecule has 1 fully saturated rings. The van der Waals surface area contributed by atoms with Crippen LogP contribution in [-0.2, 0) is 10.0 Å². The Kier molecular flexibility index (Phi) is 7.27. The Hall–Kier alpha value is -3.90. The molecule has 11 nitrogen and oxygen atoms in total. The third kappa shape index (κ3) is 5.19. The van der Waals surface area contributed by atoms with Crippen molar-refractivity contribution in [3.63, 3.8) is 0 Å². The fraction of sp³-hybridized carbons (Fsp3) is 0.292. The van der Waals surface area contributed by atoms with Crippen LogP contribution < -0.4 is 24.2 Å². The molecule has 1 aliphatic heterocycles. The van der Waals surface area contributed by atoms with Crippen LogP contribution in [-0.4, -0.2) is 76.9 Å². The van der Waals surface area contributed by atoms with E-state index >= 15 is 0 Å². The average molecular weight is 514 g/mol. The summed E-state index contributed by atoms with van der Waals surface area (Å²) in [5.74, 6) is 2.09. The van der Waals surface area contributed by atoms with Gasteiger partial charge in [-0.05, 0) is 48.5 Å². The summed E-state index contributed by atoms with van der Waals surface area (Å²) < 4.78 is 39.0. The normalized spacial score (nSPS) is 13.9. The molecule has 0 atom stereocenters. The molecule has 0 unspecified atom stereocenters. The van der Waals surface area contributed by atoms with Gasteiger partial charge in [0.05, 0.1) is 31.9 Å². The molecular weight excluding hydrogens is 486 g/mol. The molecule has 0 spiro atoms. The lowest BCUT2D eigenvalue weighted by atomic mass is 10.1. The van der Waals surface area contributed by atoms with Crippen LogP contribution >= 0.6 is 0 Å². The van der Waals surface area contributed by atoms with Crippen LogP contribution in [0.2, 0.25) is 0 Å². The Balaban J connectivity index is 1.42. The number of ether oxygens (including phenoxy) is 3. The van der Waals surface area contributed by atoms with Crippen molar-refractivity contribution in [1.29, 1.82) is 0 Å². The van der Waals surface area contributed by atoms with Crippen LogP contribution in [0.15, 0.2) is 53.4 Å². The van der Waals surface area contributed by atoms with E-state index in [0.29, 0.717) is 60.5 Å². The summed E-state index contributed by atoms with van der Waals surface area (Å²) in [6, 6.07) is 13.0. The number of piperazine rings is 1. The first kappa shape index (κ1) is 25.2. The van der Waals surface area contributed by atoms with Crippen molar-refractivity contribution in [2.75, 3.05) is 52.4 Å². The highest BCUT2D eigenvalue weighted by molar-refractivity contribution is 7.89. The lowest BCUT2D eigenvalue weighted by Gasteiger charge is -2.35. The van der Waals surface area contributed by atoms with Crippen LogP contribution in [0.25, 0.3) is 11.3 Å². The second-order valence-corrected chi connectivity index (χ2v) is 9.60. The predicted octanol–water partition coefficient (Wildman–Crippen LogP) is 1.78. The number of primary sulfonamides is 1. The Morgan fingerprint density at radius 3 is 1.94 bits per heavy atom. The number of sulfonamides is 1. The maximum atomic E-state index is 12.8. The molecule has 4 rings (SSSR count). The highest BCUT2D eigenvalue weighted by Crippen LogP contribution is 2.40. The number of amides is 1. The molecule has 2 N–H and O–H groups in total. The largest absolute Gasteiger partial charge is 0.493 e. The van der Waals surface area contributed by atoms with Gasteiger partial charge in [-0.15, -0.1) is 10.2 Å². The second kappa shape index (κ2) is 10.4. The van der Waals surface area contributed by atoms with E-state index < -0.39 is 10.0 Å². The Labute approximate surface area is 209 Å². The monoisotopic (exact) mass is 513 g/mol. The number of nitrogens with two attached hydrogens (primary N) is 1. The average Bonchev–Trinajstić information content (AvgIpc) is 2.91. The van der Waals surface area contributed by atoms with Gasteiger partial charge in [0.25, 0.3) is 5.91 Å². The summed E-state index contributed by atoms with van der Waals surface area (Å²) in [5.41, 5.74) is 1.83. The summed E-state index contributed by atoms with van der Waals surface area (Å²) in [6.45, 7) is 2.15. The number of hydrogen-bond donors (Lipinski definition) is 1. The van der Waals surface area contributed by atoms with E-state index in [1.807, 2.05) is 24.3 Å². The van der Waals surface area contributed by atoms with Crippen molar-refractivity contribution in [2.45, 2.75) is 4.90 Å². The third-order valence-electron chi connectivity index (χ3n) is 5.93. The summed E-state index contributed by atoms with van der Waals surface area (Å²) >= 11 is 0. The van der Waals surface area contributed by atoms with Crippen LogP contribution in [0.4, 0.5) is 5.82 Å². The molecule has 1 aromatic heterocycles. The van der Waals surface area contributed by atoms with Crippen LogP contribution in [0.1, 0.15) is 10.4 Å². The van der Waals surface area contributed by atoms with E-state index in [-0.39, 0.29) is 10.8 Å². The van der Waals surface area contributed by atoms with E-state index in [0.717, 1.165) is 5.56 Å². The highest BCUT2D eigenvalue weighted by atomic mass is 32.2. The van der Waals surface area contributed by atoms with Crippen molar-refractivity contribution in [3.8, 4) is 28.5 Å². The molecule has 12 heteroatoms. The van der Waals surface area contributed by atoms with Crippen LogP contribution in [0, 0.1) is 0 Å². The maximum Gasteiger partial charge on any atom is 0.253 e. The smallest absolute Gasteiger partial charge is 0.253 e. The fourth-order valence-electron chi connectivity index (χ4n) is 3.99. The molecule has 0 aliphatic carbocycles. The minimum atomic E-state index is -3.80. The molecule has 0 bridgehead atoms. The molecule has 0 saturated carbocycles. The number of carbonyl (C=O) groups is 1. The summed E-state index contributed by atoms with van der Waals surface area (Å²) in [7, 11) is 0.857. The van der Waals surface area contributed by atoms with Crippen molar-refractivity contribution in [2.24, 2.45) is 5.14 Å². The van der Waals surface area contributed by atoms with Crippen molar-refractivity contribution < 1.29 is 27.4 Å². The zero-order chi connectivity index (χ0) is 25.9. The van der Waals surface area contributed by atoms with Gasteiger partial charge in [0, 0.05) is 37.3 Å². The van der Waals surface area contributed by atoms with E-state index in [2.05, 4.69) is 15.1 Å². The second-order valence-electron chi connectivity index (χ2n) is 8.04. The predicted molar refractivity (Wildman–Crippen MR) is 133 cm³/mol. The first-order valence-corrected chi connectivity index (χ1v) is 12.6. The van der Waals surface area contributed by atoms with E-state index in [4.69, 9.17) is 19.3 Å². The van der Waals surface area contributed by atoms with Gasteiger partial charge in [-0.25, -0.2) is 13.6 Å². The number of aromatic nitrogens is 2. The highest BCUT2D eigenvalue weighted by Gasteiger charge is 2.24. The lowest BCUT2D eigenvalue weighted by Crippen LogP contribution is -2.49. The molecule has 36 heavy (non-hydrogen) atoms. The first-order valence-electron chi connectivity index (χ1n) is 11.1. The molecular formula is C24H27N5O6S. The van der Waals surface area contributed by atoms with Crippen LogP contribution in [0.5, 0.6) is 17.2 Å². The minimum Gasteiger partial charge on any atom is -0.493 e.